The highest BCUT2D eigenvalue weighted by Gasteiger charge is 2.34. The standard InChI is InChI=1S/C12H15N3/c13-9-12(14)6-7-15(10-12)8-11-4-2-1-3-5-11/h1-5H,6-8,10,14H2. The van der Waals surface area contributed by atoms with E-state index in [-0.39, 0.29) is 0 Å². The molecule has 2 rings (SSSR count). The maximum absolute atomic E-state index is 8.91. The van der Waals surface area contributed by atoms with Gasteiger partial charge in [-0.3, -0.25) is 4.90 Å². The average molecular weight is 201 g/mol. The zero-order valence-corrected chi connectivity index (χ0v) is 8.69. The van der Waals surface area contributed by atoms with Crippen molar-refractivity contribution in [2.24, 2.45) is 5.73 Å². The summed E-state index contributed by atoms with van der Waals surface area (Å²) in [5.41, 5.74) is 6.55. The number of benzene rings is 1. The molecule has 0 radical (unpaired) electrons. The van der Waals surface area contributed by atoms with Gasteiger partial charge in [-0.2, -0.15) is 5.26 Å². The molecule has 0 aromatic heterocycles. The molecule has 1 aliphatic heterocycles. The summed E-state index contributed by atoms with van der Waals surface area (Å²) in [6.45, 7) is 2.48. The molecule has 1 unspecified atom stereocenters. The molecule has 0 bridgehead atoms. The smallest absolute Gasteiger partial charge is 0.118 e. The number of hydrogen-bond acceptors (Lipinski definition) is 3. The first-order valence-electron chi connectivity index (χ1n) is 5.18. The average Bonchev–Trinajstić information content (AvgIpc) is 2.63. The molecule has 0 saturated carbocycles. The van der Waals surface area contributed by atoms with Crippen molar-refractivity contribution >= 4 is 0 Å². The molecule has 78 valence electrons. The first kappa shape index (κ1) is 10.2. The van der Waals surface area contributed by atoms with Crippen LogP contribution < -0.4 is 5.73 Å². The zero-order chi connectivity index (χ0) is 10.7. The Kier molecular flexibility index (Phi) is 2.72. The lowest BCUT2D eigenvalue weighted by atomic mass is 10.0. The Morgan fingerprint density at radius 2 is 2.13 bits per heavy atom. The second-order valence-electron chi connectivity index (χ2n) is 4.21. The van der Waals surface area contributed by atoms with Crippen LogP contribution in [0, 0.1) is 11.3 Å². The molecule has 1 saturated heterocycles. The Morgan fingerprint density at radius 1 is 1.40 bits per heavy atom. The second-order valence-corrected chi connectivity index (χ2v) is 4.21. The third-order valence-electron chi connectivity index (χ3n) is 2.85. The predicted octanol–water partition coefficient (Wildman–Crippen LogP) is 1.11. The van der Waals surface area contributed by atoms with E-state index in [1.807, 2.05) is 18.2 Å². The Morgan fingerprint density at radius 3 is 2.73 bits per heavy atom. The molecule has 3 nitrogen and oxygen atoms in total. The van der Waals surface area contributed by atoms with E-state index in [0.717, 1.165) is 19.5 Å². The minimum atomic E-state index is -0.630. The molecule has 3 heteroatoms. The highest BCUT2D eigenvalue weighted by Crippen LogP contribution is 2.19. The maximum Gasteiger partial charge on any atom is 0.118 e. The lowest BCUT2D eigenvalue weighted by Gasteiger charge is -2.17. The minimum Gasteiger partial charge on any atom is -0.312 e. The molecule has 1 aromatic rings. The van der Waals surface area contributed by atoms with Crippen molar-refractivity contribution in [3.05, 3.63) is 35.9 Å². The quantitative estimate of drug-likeness (QED) is 0.780. The van der Waals surface area contributed by atoms with E-state index in [2.05, 4.69) is 23.1 Å². The van der Waals surface area contributed by atoms with Crippen LogP contribution in [-0.2, 0) is 6.54 Å². The van der Waals surface area contributed by atoms with Gasteiger partial charge in [-0.15, -0.1) is 0 Å². The van der Waals surface area contributed by atoms with Gasteiger partial charge in [-0.25, -0.2) is 0 Å². The van der Waals surface area contributed by atoms with Gasteiger partial charge in [0.05, 0.1) is 6.07 Å². The highest BCUT2D eigenvalue weighted by molar-refractivity contribution is 5.16. The summed E-state index contributed by atoms with van der Waals surface area (Å²) < 4.78 is 0. The number of hydrogen-bond donors (Lipinski definition) is 1. The fourth-order valence-corrected chi connectivity index (χ4v) is 1.98. The Balaban J connectivity index is 1.97. The Hall–Kier alpha value is -1.37. The lowest BCUT2D eigenvalue weighted by molar-refractivity contribution is 0.318. The number of nitrogens with zero attached hydrogens (tertiary/aromatic N) is 2. The summed E-state index contributed by atoms with van der Waals surface area (Å²) >= 11 is 0. The van der Waals surface area contributed by atoms with Crippen LogP contribution in [0.25, 0.3) is 0 Å². The van der Waals surface area contributed by atoms with E-state index >= 15 is 0 Å². The van der Waals surface area contributed by atoms with E-state index in [9.17, 15) is 0 Å². The van der Waals surface area contributed by atoms with Gasteiger partial charge in [-0.1, -0.05) is 30.3 Å². The minimum absolute atomic E-state index is 0.630. The third kappa shape index (κ3) is 2.35. The Bertz CT molecular complexity index is 368. The van der Waals surface area contributed by atoms with Crippen molar-refractivity contribution < 1.29 is 0 Å². The summed E-state index contributed by atoms with van der Waals surface area (Å²) in [7, 11) is 0. The molecular formula is C12H15N3. The van der Waals surface area contributed by atoms with Crippen LogP contribution in [-0.4, -0.2) is 23.5 Å². The van der Waals surface area contributed by atoms with Crippen LogP contribution in [0.15, 0.2) is 30.3 Å². The van der Waals surface area contributed by atoms with Crippen molar-refractivity contribution in [1.82, 2.24) is 4.90 Å². The third-order valence-corrected chi connectivity index (χ3v) is 2.85. The SMILES string of the molecule is N#CC1(N)CCN(Cc2ccccc2)C1. The summed E-state index contributed by atoms with van der Waals surface area (Å²) in [5, 5.41) is 8.91. The molecule has 0 amide bonds. The first-order chi connectivity index (χ1) is 7.22. The van der Waals surface area contributed by atoms with Gasteiger partial charge in [-0.05, 0) is 12.0 Å². The predicted molar refractivity (Wildman–Crippen MR) is 58.9 cm³/mol. The molecule has 1 aromatic carbocycles. The van der Waals surface area contributed by atoms with Crippen molar-refractivity contribution in [2.45, 2.75) is 18.5 Å². The molecule has 0 spiro atoms. The molecule has 1 atom stereocenters. The highest BCUT2D eigenvalue weighted by atomic mass is 15.2. The van der Waals surface area contributed by atoms with Gasteiger partial charge < -0.3 is 5.73 Å². The summed E-state index contributed by atoms with van der Waals surface area (Å²) in [6.07, 6.45) is 0.774. The molecule has 1 fully saturated rings. The number of likely N-dealkylation sites (tertiary alicyclic amines) is 1. The summed E-state index contributed by atoms with van der Waals surface area (Å²) in [4.78, 5) is 2.23. The molecule has 1 heterocycles. The first-order valence-corrected chi connectivity index (χ1v) is 5.18. The molecule has 0 aliphatic carbocycles. The van der Waals surface area contributed by atoms with Crippen molar-refractivity contribution in [3.8, 4) is 6.07 Å². The molecule has 2 N–H and O–H groups in total. The summed E-state index contributed by atoms with van der Waals surface area (Å²) in [5.74, 6) is 0. The lowest BCUT2D eigenvalue weighted by Crippen LogP contribution is -2.40. The van der Waals surface area contributed by atoms with Gasteiger partial charge in [0.1, 0.15) is 5.54 Å². The monoisotopic (exact) mass is 201 g/mol. The second kappa shape index (κ2) is 4.01. The fraction of sp³-hybridized carbons (Fsp3) is 0.417. The van der Waals surface area contributed by atoms with E-state index in [1.54, 1.807) is 0 Å². The van der Waals surface area contributed by atoms with Crippen LogP contribution in [0.4, 0.5) is 0 Å². The topological polar surface area (TPSA) is 53.1 Å². The van der Waals surface area contributed by atoms with E-state index < -0.39 is 5.54 Å². The van der Waals surface area contributed by atoms with Crippen molar-refractivity contribution in [3.63, 3.8) is 0 Å². The summed E-state index contributed by atoms with van der Waals surface area (Å²) in [6, 6.07) is 12.5. The van der Waals surface area contributed by atoms with Crippen LogP contribution >= 0.6 is 0 Å². The van der Waals surface area contributed by atoms with Gasteiger partial charge in [0.2, 0.25) is 0 Å². The van der Waals surface area contributed by atoms with E-state index in [0.29, 0.717) is 6.54 Å². The number of nitriles is 1. The molecular weight excluding hydrogens is 186 g/mol. The van der Waals surface area contributed by atoms with E-state index in [4.69, 9.17) is 11.0 Å². The zero-order valence-electron chi connectivity index (χ0n) is 8.69. The van der Waals surface area contributed by atoms with Crippen LogP contribution in [0.1, 0.15) is 12.0 Å². The van der Waals surface area contributed by atoms with Gasteiger partial charge in [0.25, 0.3) is 0 Å². The number of nitrogens with two attached hydrogens (primary N) is 1. The Labute approximate surface area is 90.1 Å². The van der Waals surface area contributed by atoms with Crippen molar-refractivity contribution in [2.75, 3.05) is 13.1 Å². The maximum atomic E-state index is 8.91. The fourth-order valence-electron chi connectivity index (χ4n) is 1.98. The molecule has 15 heavy (non-hydrogen) atoms. The number of rotatable bonds is 2. The van der Waals surface area contributed by atoms with Gasteiger partial charge in [0.15, 0.2) is 0 Å². The van der Waals surface area contributed by atoms with Gasteiger partial charge in [0, 0.05) is 19.6 Å². The van der Waals surface area contributed by atoms with Crippen LogP contribution in [0.5, 0.6) is 0 Å². The van der Waals surface area contributed by atoms with Crippen molar-refractivity contribution in [1.29, 1.82) is 5.26 Å². The molecule has 1 aliphatic rings. The largest absolute Gasteiger partial charge is 0.312 e. The van der Waals surface area contributed by atoms with Crippen LogP contribution in [0.2, 0.25) is 0 Å². The van der Waals surface area contributed by atoms with Gasteiger partial charge >= 0.3 is 0 Å². The van der Waals surface area contributed by atoms with E-state index in [1.165, 1.54) is 5.56 Å². The van der Waals surface area contributed by atoms with Crippen LogP contribution in [0.3, 0.4) is 0 Å². The normalized spacial score (nSPS) is 26.4.